The maximum Gasteiger partial charge on any atom is 0.256 e. The van der Waals surface area contributed by atoms with Crippen LogP contribution in [0.25, 0.3) is 11.3 Å². The zero-order chi connectivity index (χ0) is 19.3. The molecule has 2 N–H and O–H groups in total. The molecule has 0 aliphatic carbocycles. The molecule has 0 saturated heterocycles. The quantitative estimate of drug-likeness (QED) is 0.855. The number of benzene rings is 1. The summed E-state index contributed by atoms with van der Waals surface area (Å²) in [6.45, 7) is 3.93. The lowest BCUT2D eigenvalue weighted by Gasteiger charge is -2.27. The molecular formula is C19H20N4O2S2. The Balaban J connectivity index is 1.75. The van der Waals surface area contributed by atoms with Crippen LogP contribution in [0.2, 0.25) is 0 Å². The fourth-order valence-electron chi connectivity index (χ4n) is 3.65. The molecule has 2 aliphatic rings. The molecule has 1 aromatic carbocycles. The summed E-state index contributed by atoms with van der Waals surface area (Å²) in [5.41, 5.74) is 10.2. The van der Waals surface area contributed by atoms with E-state index in [2.05, 4.69) is 6.07 Å². The number of rotatable bonds is 3. The number of aromatic nitrogens is 1. The minimum Gasteiger partial charge on any atom is -0.365 e. The number of thioether (sulfide) groups is 1. The average Bonchev–Trinajstić information content (AvgIpc) is 3.22. The molecule has 3 heterocycles. The van der Waals surface area contributed by atoms with Gasteiger partial charge in [0.2, 0.25) is 5.91 Å². The number of carbonyl (C=O) groups is 2. The van der Waals surface area contributed by atoms with E-state index in [1.165, 1.54) is 28.7 Å². The van der Waals surface area contributed by atoms with Gasteiger partial charge >= 0.3 is 0 Å². The van der Waals surface area contributed by atoms with Crippen LogP contribution in [0.1, 0.15) is 25.8 Å². The molecule has 1 unspecified atom stereocenters. The molecule has 0 saturated carbocycles. The molecule has 6 nitrogen and oxygen atoms in total. The molecule has 4 rings (SSSR count). The topological polar surface area (TPSA) is 79.5 Å². The first kappa shape index (κ1) is 18.1. The van der Waals surface area contributed by atoms with Gasteiger partial charge in [0.05, 0.1) is 21.7 Å². The van der Waals surface area contributed by atoms with Crippen LogP contribution in [-0.4, -0.2) is 29.2 Å². The minimum atomic E-state index is -0.402. The Hall–Kier alpha value is -2.32. The van der Waals surface area contributed by atoms with E-state index in [-0.39, 0.29) is 11.3 Å². The smallest absolute Gasteiger partial charge is 0.256 e. The summed E-state index contributed by atoms with van der Waals surface area (Å²) >= 11 is 2.99. The van der Waals surface area contributed by atoms with E-state index in [1.54, 1.807) is 4.90 Å². The third-order valence-electron chi connectivity index (χ3n) is 4.98. The van der Waals surface area contributed by atoms with Crippen LogP contribution in [0.15, 0.2) is 34.2 Å². The molecule has 140 valence electrons. The van der Waals surface area contributed by atoms with E-state index in [9.17, 15) is 9.59 Å². The monoisotopic (exact) mass is 400 g/mol. The number of hydrogen-bond acceptors (Lipinski definition) is 6. The molecule has 0 spiro atoms. The summed E-state index contributed by atoms with van der Waals surface area (Å²) in [5.74, 6) is -0.277. The molecule has 0 fully saturated rings. The SMILES string of the molecule is CC1=C(C(N)=O)SC(C)N1c1nc(-c2cccc3c2N(C)C(=O)CC3)cs1. The zero-order valence-corrected chi connectivity index (χ0v) is 17.0. The predicted octanol–water partition coefficient (Wildman–Crippen LogP) is 3.34. The highest BCUT2D eigenvalue weighted by molar-refractivity contribution is 8.05. The molecule has 2 aliphatic heterocycles. The first-order chi connectivity index (χ1) is 12.9. The number of nitrogens with two attached hydrogens (primary N) is 1. The normalized spacial score (nSPS) is 19.7. The first-order valence-electron chi connectivity index (χ1n) is 8.69. The highest BCUT2D eigenvalue weighted by Crippen LogP contribution is 2.44. The summed E-state index contributed by atoms with van der Waals surface area (Å²) in [6, 6.07) is 6.09. The lowest BCUT2D eigenvalue weighted by atomic mass is 9.96. The van der Waals surface area contributed by atoms with Gasteiger partial charge in [0.15, 0.2) is 5.13 Å². The van der Waals surface area contributed by atoms with Gasteiger partial charge in [0, 0.05) is 30.1 Å². The van der Waals surface area contributed by atoms with Crippen molar-refractivity contribution in [3.05, 3.63) is 39.7 Å². The molecule has 27 heavy (non-hydrogen) atoms. The summed E-state index contributed by atoms with van der Waals surface area (Å²) in [6.07, 6.45) is 1.30. The number of anilines is 2. The van der Waals surface area contributed by atoms with Crippen LogP contribution >= 0.6 is 23.1 Å². The number of fused-ring (bicyclic) bond motifs is 1. The molecule has 2 aromatic rings. The highest BCUT2D eigenvalue weighted by atomic mass is 32.2. The summed E-state index contributed by atoms with van der Waals surface area (Å²) in [4.78, 5) is 33.0. The van der Waals surface area contributed by atoms with Gasteiger partial charge in [-0.3, -0.25) is 9.59 Å². The van der Waals surface area contributed by atoms with E-state index in [1.807, 2.05) is 43.3 Å². The van der Waals surface area contributed by atoms with E-state index in [0.29, 0.717) is 11.3 Å². The van der Waals surface area contributed by atoms with Crippen molar-refractivity contribution in [1.82, 2.24) is 4.98 Å². The van der Waals surface area contributed by atoms with E-state index in [4.69, 9.17) is 10.7 Å². The largest absolute Gasteiger partial charge is 0.365 e. The number of amides is 2. The van der Waals surface area contributed by atoms with Gasteiger partial charge in [-0.2, -0.15) is 0 Å². The Morgan fingerprint density at radius 2 is 2.11 bits per heavy atom. The number of para-hydroxylation sites is 1. The maximum atomic E-state index is 12.2. The zero-order valence-electron chi connectivity index (χ0n) is 15.4. The van der Waals surface area contributed by atoms with Crippen molar-refractivity contribution in [2.75, 3.05) is 16.8 Å². The van der Waals surface area contributed by atoms with Gasteiger partial charge < -0.3 is 15.5 Å². The number of primary amides is 1. The van der Waals surface area contributed by atoms with Gasteiger partial charge in [-0.05, 0) is 25.8 Å². The van der Waals surface area contributed by atoms with Gasteiger partial charge in [0.1, 0.15) is 0 Å². The lowest BCUT2D eigenvalue weighted by molar-refractivity contribution is -0.118. The lowest BCUT2D eigenvalue weighted by Crippen LogP contribution is -2.31. The van der Waals surface area contributed by atoms with Crippen LogP contribution in [0.5, 0.6) is 0 Å². The fraction of sp³-hybridized carbons (Fsp3) is 0.316. The van der Waals surface area contributed by atoms with Gasteiger partial charge in [0.25, 0.3) is 5.91 Å². The Morgan fingerprint density at radius 1 is 1.33 bits per heavy atom. The number of aryl methyl sites for hydroxylation is 1. The molecular weight excluding hydrogens is 380 g/mol. The number of carbonyl (C=O) groups excluding carboxylic acids is 2. The van der Waals surface area contributed by atoms with E-state index in [0.717, 1.165) is 34.2 Å². The molecule has 1 aromatic heterocycles. The molecule has 0 radical (unpaired) electrons. The number of nitrogens with zero attached hydrogens (tertiary/aromatic N) is 3. The molecule has 2 amide bonds. The van der Waals surface area contributed by atoms with Crippen molar-refractivity contribution >= 4 is 45.7 Å². The summed E-state index contributed by atoms with van der Waals surface area (Å²) in [7, 11) is 1.82. The Labute approximate surface area is 166 Å². The van der Waals surface area contributed by atoms with Crippen molar-refractivity contribution in [2.45, 2.75) is 32.1 Å². The predicted molar refractivity (Wildman–Crippen MR) is 111 cm³/mol. The van der Waals surface area contributed by atoms with Gasteiger partial charge in [-0.15, -0.1) is 11.3 Å². The Morgan fingerprint density at radius 3 is 2.81 bits per heavy atom. The van der Waals surface area contributed by atoms with Crippen LogP contribution in [0.4, 0.5) is 10.8 Å². The molecule has 0 bridgehead atoms. The second-order valence-corrected chi connectivity index (χ2v) is 8.81. The number of allylic oxidation sites excluding steroid dienone is 1. The van der Waals surface area contributed by atoms with Crippen LogP contribution in [-0.2, 0) is 16.0 Å². The summed E-state index contributed by atoms with van der Waals surface area (Å²) in [5, 5.41) is 2.88. The first-order valence-corrected chi connectivity index (χ1v) is 10.5. The van der Waals surface area contributed by atoms with Crippen LogP contribution < -0.4 is 15.5 Å². The van der Waals surface area contributed by atoms with Crippen molar-refractivity contribution in [2.24, 2.45) is 5.73 Å². The maximum absolute atomic E-state index is 12.2. The van der Waals surface area contributed by atoms with Crippen LogP contribution in [0.3, 0.4) is 0 Å². The van der Waals surface area contributed by atoms with Crippen molar-refractivity contribution in [3.8, 4) is 11.3 Å². The van der Waals surface area contributed by atoms with Gasteiger partial charge in [-0.25, -0.2) is 4.98 Å². The average molecular weight is 401 g/mol. The Kier molecular flexibility index (Phi) is 4.47. The standard InChI is InChI=1S/C19H20N4O2S2/c1-10-17(18(20)25)27-11(2)23(10)19-21-14(9-26-19)13-6-4-5-12-7-8-15(24)22(3)16(12)13/h4-6,9,11H,7-8H2,1-3H3,(H2,20,25). The second-order valence-electron chi connectivity index (χ2n) is 6.65. The van der Waals surface area contributed by atoms with E-state index < -0.39 is 5.91 Å². The summed E-state index contributed by atoms with van der Waals surface area (Å²) < 4.78 is 0. The van der Waals surface area contributed by atoms with Crippen LogP contribution in [0, 0.1) is 0 Å². The Bertz CT molecular complexity index is 982. The van der Waals surface area contributed by atoms with Crippen molar-refractivity contribution in [3.63, 3.8) is 0 Å². The van der Waals surface area contributed by atoms with Crippen molar-refractivity contribution < 1.29 is 9.59 Å². The number of thiazole rings is 1. The second kappa shape index (κ2) is 6.69. The fourth-order valence-corrected chi connectivity index (χ4v) is 5.77. The van der Waals surface area contributed by atoms with Gasteiger partial charge in [-0.1, -0.05) is 30.0 Å². The van der Waals surface area contributed by atoms with Crippen molar-refractivity contribution in [1.29, 1.82) is 0 Å². The molecule has 1 atom stereocenters. The third-order valence-corrected chi connectivity index (χ3v) is 7.10. The number of hydrogen-bond donors (Lipinski definition) is 1. The highest BCUT2D eigenvalue weighted by Gasteiger charge is 2.33. The third kappa shape index (κ3) is 2.93. The van der Waals surface area contributed by atoms with E-state index >= 15 is 0 Å². The minimum absolute atomic E-state index is 0.0560. The molecule has 8 heteroatoms.